The van der Waals surface area contributed by atoms with Gasteiger partial charge in [-0.3, -0.25) is 4.79 Å². The van der Waals surface area contributed by atoms with Crippen LogP contribution in [0, 0.1) is 0 Å². The molecule has 0 atom stereocenters. The van der Waals surface area contributed by atoms with E-state index in [0.717, 1.165) is 11.3 Å². The summed E-state index contributed by atoms with van der Waals surface area (Å²) in [7, 11) is 1.62. The summed E-state index contributed by atoms with van der Waals surface area (Å²) in [6.45, 7) is 6.09. The molecular weight excluding hydrogens is 218 g/mol. The summed E-state index contributed by atoms with van der Waals surface area (Å²) in [6.07, 6.45) is 0. The Kier molecular flexibility index (Phi) is 3.99. The first-order chi connectivity index (χ1) is 7.84. The molecular formula is C13H19NO3. The van der Waals surface area contributed by atoms with Crippen molar-refractivity contribution in [1.82, 2.24) is 0 Å². The fourth-order valence-corrected chi connectivity index (χ4v) is 1.50. The minimum atomic E-state index is -0.485. The third-order valence-electron chi connectivity index (χ3n) is 2.36. The van der Waals surface area contributed by atoms with Crippen LogP contribution in [0.15, 0.2) is 18.2 Å². The van der Waals surface area contributed by atoms with E-state index in [4.69, 9.17) is 15.2 Å². The largest absolute Gasteiger partial charge is 0.497 e. The number of rotatable bonds is 4. The second-order valence-electron chi connectivity index (χ2n) is 4.87. The van der Waals surface area contributed by atoms with Gasteiger partial charge in [-0.2, -0.15) is 0 Å². The summed E-state index contributed by atoms with van der Waals surface area (Å²) >= 11 is 0. The summed E-state index contributed by atoms with van der Waals surface area (Å²) in [5.74, 6) is 0.944. The molecule has 0 aliphatic heterocycles. The molecule has 0 bridgehead atoms. The van der Waals surface area contributed by atoms with E-state index in [-0.39, 0.29) is 12.0 Å². The molecule has 17 heavy (non-hydrogen) atoms. The van der Waals surface area contributed by atoms with Gasteiger partial charge in [-0.15, -0.1) is 0 Å². The Balaban J connectivity index is 3.07. The third kappa shape index (κ3) is 3.66. The van der Waals surface area contributed by atoms with Crippen molar-refractivity contribution in [3.05, 3.63) is 23.8 Å². The monoisotopic (exact) mass is 237 g/mol. The first-order valence-corrected chi connectivity index (χ1v) is 5.44. The Bertz CT molecular complexity index is 408. The lowest BCUT2D eigenvalue weighted by molar-refractivity contribution is -0.119. The van der Waals surface area contributed by atoms with Crippen molar-refractivity contribution in [1.29, 1.82) is 0 Å². The third-order valence-corrected chi connectivity index (χ3v) is 2.36. The zero-order valence-corrected chi connectivity index (χ0v) is 10.7. The molecule has 0 saturated carbocycles. The number of nitrogens with two attached hydrogens (primary N) is 1. The smallest absolute Gasteiger partial charge is 0.255 e. The number of benzene rings is 1. The molecule has 0 spiro atoms. The second-order valence-corrected chi connectivity index (χ2v) is 4.87. The lowest BCUT2D eigenvalue weighted by Crippen LogP contribution is -2.22. The number of methoxy groups -OCH3 is 1. The van der Waals surface area contributed by atoms with Gasteiger partial charge in [0.05, 0.1) is 7.11 Å². The van der Waals surface area contributed by atoms with E-state index in [9.17, 15) is 4.79 Å². The number of hydrogen-bond donors (Lipinski definition) is 1. The van der Waals surface area contributed by atoms with Crippen LogP contribution in [0.4, 0.5) is 0 Å². The molecule has 4 heteroatoms. The molecule has 4 nitrogen and oxygen atoms in total. The van der Waals surface area contributed by atoms with Crippen LogP contribution in [0.3, 0.4) is 0 Å². The number of carbonyl (C=O) groups is 1. The molecule has 0 saturated heterocycles. The van der Waals surface area contributed by atoms with Crippen molar-refractivity contribution < 1.29 is 14.3 Å². The quantitative estimate of drug-likeness (QED) is 0.869. The normalized spacial score (nSPS) is 11.1. The summed E-state index contributed by atoms with van der Waals surface area (Å²) in [5.41, 5.74) is 5.96. The predicted octanol–water partition coefficient (Wildman–Crippen LogP) is 1.86. The van der Waals surface area contributed by atoms with Crippen LogP contribution in [0.1, 0.15) is 26.3 Å². The molecule has 0 fully saturated rings. The summed E-state index contributed by atoms with van der Waals surface area (Å²) in [5, 5.41) is 0. The zero-order valence-electron chi connectivity index (χ0n) is 10.7. The molecule has 1 aromatic carbocycles. The molecule has 0 aromatic heterocycles. The summed E-state index contributed by atoms with van der Waals surface area (Å²) < 4.78 is 10.6. The highest BCUT2D eigenvalue weighted by atomic mass is 16.5. The molecule has 0 aliphatic carbocycles. The maximum Gasteiger partial charge on any atom is 0.255 e. The Morgan fingerprint density at radius 3 is 2.47 bits per heavy atom. The van der Waals surface area contributed by atoms with Gasteiger partial charge in [-0.25, -0.2) is 0 Å². The molecule has 0 unspecified atom stereocenters. The number of primary amides is 1. The van der Waals surface area contributed by atoms with Gasteiger partial charge >= 0.3 is 0 Å². The van der Waals surface area contributed by atoms with E-state index in [1.807, 2.05) is 6.07 Å². The van der Waals surface area contributed by atoms with Crippen molar-refractivity contribution in [2.75, 3.05) is 13.7 Å². The van der Waals surface area contributed by atoms with Gasteiger partial charge in [0.1, 0.15) is 11.5 Å². The van der Waals surface area contributed by atoms with Crippen LogP contribution in [-0.2, 0) is 10.2 Å². The molecule has 94 valence electrons. The Morgan fingerprint density at radius 2 is 2.00 bits per heavy atom. The summed E-state index contributed by atoms with van der Waals surface area (Å²) in [4.78, 5) is 10.7. The predicted molar refractivity (Wildman–Crippen MR) is 66.4 cm³/mol. The topological polar surface area (TPSA) is 61.6 Å². The lowest BCUT2D eigenvalue weighted by atomic mass is 9.86. The number of ether oxygens (including phenoxy) is 2. The standard InChI is InChI=1S/C13H19NO3/c1-13(2,3)10-7-9(16-4)5-6-11(10)17-8-12(14)15/h5-7H,8H2,1-4H3,(H2,14,15). The lowest BCUT2D eigenvalue weighted by Gasteiger charge is -2.23. The first kappa shape index (κ1) is 13.4. The van der Waals surface area contributed by atoms with Gasteiger partial charge in [-0.1, -0.05) is 20.8 Å². The fourth-order valence-electron chi connectivity index (χ4n) is 1.50. The van der Waals surface area contributed by atoms with Crippen LogP contribution in [-0.4, -0.2) is 19.6 Å². The van der Waals surface area contributed by atoms with Crippen LogP contribution >= 0.6 is 0 Å². The molecule has 1 amide bonds. The van der Waals surface area contributed by atoms with Crippen LogP contribution < -0.4 is 15.2 Å². The van der Waals surface area contributed by atoms with Crippen molar-refractivity contribution in [3.63, 3.8) is 0 Å². The van der Waals surface area contributed by atoms with E-state index in [1.165, 1.54) is 0 Å². The SMILES string of the molecule is COc1ccc(OCC(N)=O)c(C(C)(C)C)c1. The minimum Gasteiger partial charge on any atom is -0.497 e. The molecule has 0 heterocycles. The van der Waals surface area contributed by atoms with Crippen LogP contribution in [0.5, 0.6) is 11.5 Å². The maximum atomic E-state index is 10.7. The highest BCUT2D eigenvalue weighted by Gasteiger charge is 2.20. The van der Waals surface area contributed by atoms with Crippen molar-refractivity contribution in [2.24, 2.45) is 5.73 Å². The summed E-state index contributed by atoms with van der Waals surface area (Å²) in [6, 6.07) is 5.50. The van der Waals surface area contributed by atoms with E-state index >= 15 is 0 Å². The van der Waals surface area contributed by atoms with Gasteiger partial charge in [0.2, 0.25) is 0 Å². The van der Waals surface area contributed by atoms with E-state index in [2.05, 4.69) is 20.8 Å². The Hall–Kier alpha value is -1.71. The number of hydrogen-bond acceptors (Lipinski definition) is 3. The van der Waals surface area contributed by atoms with Gasteiger partial charge in [0.25, 0.3) is 5.91 Å². The highest BCUT2D eigenvalue weighted by molar-refractivity contribution is 5.75. The van der Waals surface area contributed by atoms with Gasteiger partial charge in [-0.05, 0) is 23.6 Å². The van der Waals surface area contributed by atoms with Gasteiger partial charge < -0.3 is 15.2 Å². The van der Waals surface area contributed by atoms with Crippen molar-refractivity contribution in [2.45, 2.75) is 26.2 Å². The van der Waals surface area contributed by atoms with Gasteiger partial charge in [0.15, 0.2) is 6.61 Å². The highest BCUT2D eigenvalue weighted by Crippen LogP contribution is 2.34. The first-order valence-electron chi connectivity index (χ1n) is 5.44. The van der Waals surface area contributed by atoms with Crippen LogP contribution in [0.2, 0.25) is 0 Å². The fraction of sp³-hybridized carbons (Fsp3) is 0.462. The van der Waals surface area contributed by atoms with Crippen LogP contribution in [0.25, 0.3) is 0 Å². The van der Waals surface area contributed by atoms with Crippen molar-refractivity contribution in [3.8, 4) is 11.5 Å². The molecule has 2 N–H and O–H groups in total. The average molecular weight is 237 g/mol. The molecule has 0 radical (unpaired) electrons. The molecule has 1 rings (SSSR count). The Labute approximate surface area is 102 Å². The Morgan fingerprint density at radius 1 is 1.35 bits per heavy atom. The minimum absolute atomic E-state index is 0.0957. The number of amides is 1. The average Bonchev–Trinajstić information content (AvgIpc) is 2.24. The zero-order chi connectivity index (χ0) is 13.1. The van der Waals surface area contributed by atoms with E-state index in [1.54, 1.807) is 19.2 Å². The second kappa shape index (κ2) is 5.08. The molecule has 0 aliphatic rings. The van der Waals surface area contributed by atoms with Crippen molar-refractivity contribution >= 4 is 5.91 Å². The van der Waals surface area contributed by atoms with E-state index < -0.39 is 5.91 Å². The molecule has 1 aromatic rings. The number of carbonyl (C=O) groups excluding carboxylic acids is 1. The maximum absolute atomic E-state index is 10.7. The van der Waals surface area contributed by atoms with Gasteiger partial charge in [0, 0.05) is 5.56 Å². The van der Waals surface area contributed by atoms with E-state index in [0.29, 0.717) is 5.75 Å².